The first kappa shape index (κ1) is 15.2. The Hall–Kier alpha value is -2.22. The van der Waals surface area contributed by atoms with E-state index in [1.807, 2.05) is 0 Å². The molecule has 3 N–H and O–H groups in total. The van der Waals surface area contributed by atoms with Crippen molar-refractivity contribution in [3.8, 4) is 0 Å². The summed E-state index contributed by atoms with van der Waals surface area (Å²) in [7, 11) is -4.25. The van der Waals surface area contributed by atoms with E-state index in [1.54, 1.807) is 11.6 Å². The number of halogens is 3. The number of benzene rings is 2. The first-order valence-electron chi connectivity index (χ1n) is 5.73. The lowest BCUT2D eigenvalue weighted by Crippen LogP contribution is -2.16. The first-order valence-corrected chi connectivity index (χ1v) is 7.22. The molecule has 0 amide bonds. The van der Waals surface area contributed by atoms with Crippen LogP contribution in [0.25, 0.3) is 0 Å². The average Bonchev–Trinajstić information content (AvgIpc) is 2.32. The summed E-state index contributed by atoms with van der Waals surface area (Å²) in [5.41, 5.74) is 5.35. The SMILES string of the molecule is Cc1cc(N)cc(S(=O)(=O)Nc2c(F)cc(F)cc2F)c1. The van der Waals surface area contributed by atoms with E-state index < -0.39 is 33.2 Å². The van der Waals surface area contributed by atoms with Crippen molar-refractivity contribution in [1.29, 1.82) is 0 Å². The lowest BCUT2D eigenvalue weighted by Gasteiger charge is -2.11. The summed E-state index contributed by atoms with van der Waals surface area (Å²) < 4.78 is 65.7. The zero-order valence-electron chi connectivity index (χ0n) is 10.8. The van der Waals surface area contributed by atoms with E-state index in [4.69, 9.17) is 5.73 Å². The lowest BCUT2D eigenvalue weighted by atomic mass is 10.2. The second-order valence-corrected chi connectivity index (χ2v) is 6.11. The van der Waals surface area contributed by atoms with E-state index in [0.29, 0.717) is 17.7 Å². The van der Waals surface area contributed by atoms with E-state index in [1.165, 1.54) is 12.1 Å². The van der Waals surface area contributed by atoms with Crippen molar-refractivity contribution in [2.75, 3.05) is 10.5 Å². The van der Waals surface area contributed by atoms with Gasteiger partial charge < -0.3 is 5.73 Å². The molecule has 0 aliphatic rings. The summed E-state index contributed by atoms with van der Waals surface area (Å²) in [6.07, 6.45) is 0. The van der Waals surface area contributed by atoms with Crippen LogP contribution in [0.4, 0.5) is 24.5 Å². The van der Waals surface area contributed by atoms with Gasteiger partial charge in [-0.25, -0.2) is 21.6 Å². The molecule has 2 rings (SSSR count). The highest BCUT2D eigenvalue weighted by atomic mass is 32.2. The van der Waals surface area contributed by atoms with Gasteiger partial charge in [-0.2, -0.15) is 0 Å². The standard InChI is InChI=1S/C13H11F3N2O2S/c1-7-2-9(17)6-10(3-7)21(19,20)18-13-11(15)4-8(14)5-12(13)16/h2-6,18H,17H2,1H3. The maximum Gasteiger partial charge on any atom is 0.262 e. The minimum atomic E-state index is -4.25. The van der Waals surface area contributed by atoms with Crippen LogP contribution in [0.3, 0.4) is 0 Å². The van der Waals surface area contributed by atoms with Gasteiger partial charge in [0.25, 0.3) is 10.0 Å². The van der Waals surface area contributed by atoms with Crippen molar-refractivity contribution in [3.05, 3.63) is 53.3 Å². The zero-order chi connectivity index (χ0) is 15.8. The fourth-order valence-corrected chi connectivity index (χ4v) is 2.98. The van der Waals surface area contributed by atoms with Crippen LogP contribution in [-0.2, 0) is 10.0 Å². The highest BCUT2D eigenvalue weighted by Crippen LogP contribution is 2.25. The second kappa shape index (κ2) is 5.28. The number of nitrogens with one attached hydrogen (secondary N) is 1. The third kappa shape index (κ3) is 3.27. The van der Waals surface area contributed by atoms with Gasteiger partial charge in [0.2, 0.25) is 0 Å². The number of anilines is 2. The minimum absolute atomic E-state index is 0.190. The molecule has 0 spiro atoms. The van der Waals surface area contributed by atoms with Crippen LogP contribution in [0.1, 0.15) is 5.56 Å². The Bertz CT molecular complexity index is 764. The molecular weight excluding hydrogens is 305 g/mol. The molecule has 4 nitrogen and oxygen atoms in total. The van der Waals surface area contributed by atoms with E-state index in [9.17, 15) is 21.6 Å². The van der Waals surface area contributed by atoms with Crippen LogP contribution in [-0.4, -0.2) is 8.42 Å². The number of sulfonamides is 1. The maximum absolute atomic E-state index is 13.5. The molecule has 0 heterocycles. The predicted molar refractivity (Wildman–Crippen MR) is 72.7 cm³/mol. The fourth-order valence-electron chi connectivity index (χ4n) is 1.76. The number of hydrogen-bond donors (Lipinski definition) is 2. The summed E-state index contributed by atoms with van der Waals surface area (Å²) in [4.78, 5) is -0.247. The van der Waals surface area contributed by atoms with Crippen LogP contribution in [0.2, 0.25) is 0 Å². The molecule has 2 aromatic carbocycles. The molecule has 8 heteroatoms. The Morgan fingerprint density at radius 1 is 1.00 bits per heavy atom. The van der Waals surface area contributed by atoms with Gasteiger partial charge in [-0.1, -0.05) is 0 Å². The third-order valence-corrected chi connectivity index (χ3v) is 3.96. The Morgan fingerprint density at radius 3 is 2.10 bits per heavy atom. The van der Waals surface area contributed by atoms with E-state index >= 15 is 0 Å². The van der Waals surface area contributed by atoms with Gasteiger partial charge in [0.1, 0.15) is 11.5 Å². The lowest BCUT2D eigenvalue weighted by molar-refractivity contribution is 0.547. The van der Waals surface area contributed by atoms with E-state index in [-0.39, 0.29) is 10.6 Å². The molecule has 0 aliphatic carbocycles. The first-order chi connectivity index (χ1) is 9.69. The average molecular weight is 316 g/mol. The smallest absolute Gasteiger partial charge is 0.262 e. The summed E-state index contributed by atoms with van der Waals surface area (Å²) in [6.45, 7) is 1.62. The number of hydrogen-bond acceptors (Lipinski definition) is 3. The molecular formula is C13H11F3N2O2S. The van der Waals surface area contributed by atoms with Crippen LogP contribution >= 0.6 is 0 Å². The van der Waals surface area contributed by atoms with Crippen LogP contribution < -0.4 is 10.5 Å². The summed E-state index contributed by atoms with van der Waals surface area (Å²) in [5, 5.41) is 0. The van der Waals surface area contributed by atoms with Crippen molar-refractivity contribution in [1.82, 2.24) is 0 Å². The molecule has 2 aromatic rings. The monoisotopic (exact) mass is 316 g/mol. The molecule has 112 valence electrons. The van der Waals surface area contributed by atoms with E-state index in [2.05, 4.69) is 0 Å². The molecule has 0 atom stereocenters. The predicted octanol–water partition coefficient (Wildman–Crippen LogP) is 2.80. The molecule has 0 aliphatic heterocycles. The fraction of sp³-hybridized carbons (Fsp3) is 0.0769. The quantitative estimate of drug-likeness (QED) is 0.855. The highest BCUT2D eigenvalue weighted by Gasteiger charge is 2.20. The van der Waals surface area contributed by atoms with E-state index in [0.717, 1.165) is 6.07 Å². The van der Waals surface area contributed by atoms with Crippen molar-refractivity contribution in [3.63, 3.8) is 0 Å². The summed E-state index contributed by atoms with van der Waals surface area (Å²) in [5.74, 6) is -3.85. The molecule has 0 saturated heterocycles. The maximum atomic E-state index is 13.5. The molecule has 0 saturated carbocycles. The number of aryl methyl sites for hydroxylation is 1. The third-order valence-electron chi connectivity index (χ3n) is 2.63. The minimum Gasteiger partial charge on any atom is -0.399 e. The van der Waals surface area contributed by atoms with Crippen molar-refractivity contribution < 1.29 is 21.6 Å². The largest absolute Gasteiger partial charge is 0.399 e. The Labute approximate surface area is 119 Å². The van der Waals surface area contributed by atoms with Gasteiger partial charge in [0.05, 0.1) is 4.90 Å². The number of nitrogens with two attached hydrogens (primary N) is 1. The Balaban J connectivity index is 2.47. The van der Waals surface area contributed by atoms with Gasteiger partial charge in [-0.15, -0.1) is 0 Å². The summed E-state index contributed by atoms with van der Waals surface area (Å²) >= 11 is 0. The van der Waals surface area contributed by atoms with Crippen LogP contribution in [0.15, 0.2) is 35.2 Å². The van der Waals surface area contributed by atoms with Crippen LogP contribution in [0.5, 0.6) is 0 Å². The molecule has 0 fully saturated rings. The van der Waals surface area contributed by atoms with Crippen molar-refractivity contribution >= 4 is 21.4 Å². The van der Waals surface area contributed by atoms with Gasteiger partial charge in [-0.05, 0) is 30.7 Å². The van der Waals surface area contributed by atoms with Gasteiger partial charge >= 0.3 is 0 Å². The van der Waals surface area contributed by atoms with Crippen molar-refractivity contribution in [2.45, 2.75) is 11.8 Å². The number of nitrogen functional groups attached to an aromatic ring is 1. The van der Waals surface area contributed by atoms with Gasteiger partial charge in [0, 0.05) is 17.8 Å². The molecule has 21 heavy (non-hydrogen) atoms. The molecule has 0 radical (unpaired) electrons. The molecule has 0 bridgehead atoms. The van der Waals surface area contributed by atoms with Gasteiger partial charge in [0.15, 0.2) is 11.6 Å². The van der Waals surface area contributed by atoms with Crippen molar-refractivity contribution in [2.24, 2.45) is 0 Å². The van der Waals surface area contributed by atoms with Gasteiger partial charge in [-0.3, -0.25) is 4.72 Å². The Kier molecular flexibility index (Phi) is 3.82. The topological polar surface area (TPSA) is 72.2 Å². The molecule has 0 unspecified atom stereocenters. The normalized spacial score (nSPS) is 11.4. The molecule has 0 aromatic heterocycles. The Morgan fingerprint density at radius 2 is 1.57 bits per heavy atom. The summed E-state index contributed by atoms with van der Waals surface area (Å²) in [6, 6.07) is 4.74. The zero-order valence-corrected chi connectivity index (χ0v) is 11.6. The number of rotatable bonds is 3. The highest BCUT2D eigenvalue weighted by molar-refractivity contribution is 7.92. The second-order valence-electron chi connectivity index (χ2n) is 4.43. The van der Waals surface area contributed by atoms with Crippen LogP contribution in [0, 0.1) is 24.4 Å².